The Kier molecular flexibility index (Phi) is 5.22. The minimum Gasteiger partial charge on any atom is -0.467 e. The lowest BCUT2D eigenvalue weighted by molar-refractivity contribution is -0.131. The molecule has 2 rings (SSSR count). The first-order valence-corrected chi connectivity index (χ1v) is 7.20. The third-order valence-electron chi connectivity index (χ3n) is 3.35. The number of aryl methyl sites for hydroxylation is 1. The highest BCUT2D eigenvalue weighted by molar-refractivity contribution is 5.78. The van der Waals surface area contributed by atoms with E-state index in [0.29, 0.717) is 19.6 Å². The summed E-state index contributed by atoms with van der Waals surface area (Å²) in [4.78, 5) is 14.2. The molecule has 2 aromatic rings. The van der Waals surface area contributed by atoms with E-state index in [0.717, 1.165) is 11.5 Å². The number of rotatable bonds is 7. The van der Waals surface area contributed by atoms with Gasteiger partial charge >= 0.3 is 0 Å². The molecule has 114 valence electrons. The molecule has 1 N–H and O–H groups in total. The summed E-state index contributed by atoms with van der Waals surface area (Å²) in [5.41, 5.74) is 1.10. The van der Waals surface area contributed by atoms with Crippen molar-refractivity contribution in [3.63, 3.8) is 0 Å². The normalized spacial score (nSPS) is 11.0. The van der Waals surface area contributed by atoms with Gasteiger partial charge in [0.2, 0.25) is 5.91 Å². The molecule has 0 radical (unpaired) electrons. The number of nitrogens with zero attached hydrogens (tertiary/aromatic N) is 2. The summed E-state index contributed by atoms with van der Waals surface area (Å²) in [6, 6.07) is 8.03. The van der Waals surface area contributed by atoms with E-state index in [9.17, 15) is 4.79 Å². The van der Waals surface area contributed by atoms with Crippen LogP contribution in [0.25, 0.3) is 0 Å². The van der Waals surface area contributed by atoms with Gasteiger partial charge in [0.15, 0.2) is 0 Å². The number of carbonyl (C=O) groups excluding carboxylic acids is 1. The molecule has 0 saturated heterocycles. The first-order valence-electron chi connectivity index (χ1n) is 7.20. The smallest absolute Gasteiger partial charge is 0.237 e. The lowest BCUT2D eigenvalue weighted by Crippen LogP contribution is -2.39. The summed E-state index contributed by atoms with van der Waals surface area (Å²) in [6.07, 6.45) is 3.62. The van der Waals surface area contributed by atoms with Crippen LogP contribution < -0.4 is 5.32 Å². The Morgan fingerprint density at radius 2 is 2.14 bits per heavy atom. The standard InChI is InChI=1S/C16H23N3O2/c1-13(2)17-10-16(20)19(12-15-7-5-9-21-15)11-14-6-4-8-18(14)3/h4-9,13,17H,10-12H2,1-3H3. The van der Waals surface area contributed by atoms with E-state index in [1.54, 1.807) is 6.26 Å². The van der Waals surface area contributed by atoms with Crippen molar-refractivity contribution in [3.8, 4) is 0 Å². The molecule has 2 heterocycles. The fourth-order valence-electron chi connectivity index (χ4n) is 2.08. The van der Waals surface area contributed by atoms with E-state index < -0.39 is 0 Å². The molecule has 0 bridgehead atoms. The number of hydrogen-bond donors (Lipinski definition) is 1. The van der Waals surface area contributed by atoms with Crippen LogP contribution in [-0.2, 0) is 24.9 Å². The summed E-state index contributed by atoms with van der Waals surface area (Å²) >= 11 is 0. The van der Waals surface area contributed by atoms with Crippen LogP contribution >= 0.6 is 0 Å². The van der Waals surface area contributed by atoms with Gasteiger partial charge in [-0.1, -0.05) is 13.8 Å². The van der Waals surface area contributed by atoms with Gasteiger partial charge in [-0.15, -0.1) is 0 Å². The quantitative estimate of drug-likeness (QED) is 0.849. The molecule has 0 aromatic carbocycles. The largest absolute Gasteiger partial charge is 0.467 e. The Morgan fingerprint density at radius 1 is 1.33 bits per heavy atom. The van der Waals surface area contributed by atoms with Gasteiger partial charge in [-0.25, -0.2) is 0 Å². The molecule has 2 aromatic heterocycles. The Bertz CT molecular complexity index is 558. The lowest BCUT2D eigenvalue weighted by atomic mass is 10.3. The molecular formula is C16H23N3O2. The zero-order valence-electron chi connectivity index (χ0n) is 12.9. The van der Waals surface area contributed by atoms with E-state index in [-0.39, 0.29) is 11.9 Å². The molecular weight excluding hydrogens is 266 g/mol. The fraction of sp³-hybridized carbons (Fsp3) is 0.438. The van der Waals surface area contributed by atoms with Crippen molar-refractivity contribution in [1.29, 1.82) is 0 Å². The van der Waals surface area contributed by atoms with Crippen LogP contribution in [0.1, 0.15) is 25.3 Å². The second-order valence-corrected chi connectivity index (χ2v) is 5.48. The van der Waals surface area contributed by atoms with Crippen molar-refractivity contribution in [2.75, 3.05) is 6.54 Å². The average molecular weight is 289 g/mol. The van der Waals surface area contributed by atoms with Crippen molar-refractivity contribution in [2.24, 2.45) is 7.05 Å². The summed E-state index contributed by atoms with van der Waals surface area (Å²) in [5.74, 6) is 0.864. The van der Waals surface area contributed by atoms with Crippen molar-refractivity contribution in [1.82, 2.24) is 14.8 Å². The van der Waals surface area contributed by atoms with Crippen LogP contribution in [0.2, 0.25) is 0 Å². The van der Waals surface area contributed by atoms with Crippen LogP contribution in [0.5, 0.6) is 0 Å². The molecule has 0 unspecified atom stereocenters. The topological polar surface area (TPSA) is 50.4 Å². The van der Waals surface area contributed by atoms with Crippen LogP contribution in [0.4, 0.5) is 0 Å². The van der Waals surface area contributed by atoms with Gasteiger partial charge in [0.25, 0.3) is 0 Å². The number of furan rings is 1. The van der Waals surface area contributed by atoms with Crippen LogP contribution in [0.3, 0.4) is 0 Å². The molecule has 1 amide bonds. The molecule has 0 fully saturated rings. The van der Waals surface area contributed by atoms with Gasteiger partial charge < -0.3 is 19.2 Å². The van der Waals surface area contributed by atoms with Gasteiger partial charge in [-0.05, 0) is 24.3 Å². The van der Waals surface area contributed by atoms with Gasteiger partial charge in [0, 0.05) is 25.0 Å². The van der Waals surface area contributed by atoms with Gasteiger partial charge in [0.05, 0.1) is 25.9 Å². The highest BCUT2D eigenvalue weighted by atomic mass is 16.3. The van der Waals surface area contributed by atoms with Crippen molar-refractivity contribution in [2.45, 2.75) is 33.0 Å². The average Bonchev–Trinajstić information content (AvgIpc) is 3.08. The summed E-state index contributed by atoms with van der Waals surface area (Å²) in [5, 5.41) is 3.17. The SMILES string of the molecule is CC(C)NCC(=O)N(Cc1ccco1)Cc1cccn1C. The van der Waals surface area contributed by atoms with Crippen LogP contribution in [0.15, 0.2) is 41.1 Å². The van der Waals surface area contributed by atoms with E-state index >= 15 is 0 Å². The Hall–Kier alpha value is -2.01. The minimum absolute atomic E-state index is 0.0706. The third kappa shape index (κ3) is 4.49. The molecule has 5 nitrogen and oxygen atoms in total. The molecule has 0 aliphatic carbocycles. The number of amides is 1. The molecule has 0 saturated carbocycles. The lowest BCUT2D eigenvalue weighted by Gasteiger charge is -2.23. The highest BCUT2D eigenvalue weighted by Gasteiger charge is 2.17. The van der Waals surface area contributed by atoms with Crippen molar-refractivity contribution >= 4 is 5.91 Å². The third-order valence-corrected chi connectivity index (χ3v) is 3.35. The van der Waals surface area contributed by atoms with E-state index in [2.05, 4.69) is 5.32 Å². The van der Waals surface area contributed by atoms with E-state index in [1.165, 1.54) is 0 Å². The first kappa shape index (κ1) is 15.4. The Morgan fingerprint density at radius 3 is 2.71 bits per heavy atom. The predicted molar refractivity (Wildman–Crippen MR) is 81.5 cm³/mol. The molecule has 0 atom stereocenters. The van der Waals surface area contributed by atoms with E-state index in [4.69, 9.17) is 4.42 Å². The molecule has 5 heteroatoms. The van der Waals surface area contributed by atoms with Crippen molar-refractivity contribution in [3.05, 3.63) is 48.2 Å². The van der Waals surface area contributed by atoms with Crippen molar-refractivity contribution < 1.29 is 9.21 Å². The van der Waals surface area contributed by atoms with Crippen LogP contribution in [0, 0.1) is 0 Å². The number of carbonyl (C=O) groups is 1. The minimum atomic E-state index is 0.0706. The van der Waals surface area contributed by atoms with Crippen LogP contribution in [-0.4, -0.2) is 28.0 Å². The molecule has 0 aliphatic rings. The monoisotopic (exact) mass is 289 g/mol. The van der Waals surface area contributed by atoms with Gasteiger partial charge in [-0.2, -0.15) is 0 Å². The fourth-order valence-corrected chi connectivity index (χ4v) is 2.08. The zero-order chi connectivity index (χ0) is 15.2. The number of nitrogens with one attached hydrogen (secondary N) is 1. The second kappa shape index (κ2) is 7.13. The zero-order valence-corrected chi connectivity index (χ0v) is 12.9. The van der Waals surface area contributed by atoms with E-state index in [1.807, 2.05) is 60.8 Å². The maximum Gasteiger partial charge on any atom is 0.237 e. The van der Waals surface area contributed by atoms with Gasteiger partial charge in [-0.3, -0.25) is 4.79 Å². The summed E-state index contributed by atoms with van der Waals surface area (Å²) in [6.45, 7) is 5.45. The first-order chi connectivity index (χ1) is 10.1. The summed E-state index contributed by atoms with van der Waals surface area (Å²) in [7, 11) is 1.98. The maximum atomic E-state index is 12.4. The predicted octanol–water partition coefficient (Wildman–Crippen LogP) is 2.14. The molecule has 0 spiro atoms. The number of hydrogen-bond acceptors (Lipinski definition) is 3. The maximum absolute atomic E-state index is 12.4. The Balaban J connectivity index is 2.06. The molecule has 0 aliphatic heterocycles. The number of aromatic nitrogens is 1. The highest BCUT2D eigenvalue weighted by Crippen LogP contribution is 2.11. The molecule has 21 heavy (non-hydrogen) atoms. The van der Waals surface area contributed by atoms with Gasteiger partial charge in [0.1, 0.15) is 5.76 Å². The summed E-state index contributed by atoms with van der Waals surface area (Å²) < 4.78 is 7.39. The Labute approximate surface area is 125 Å². The second-order valence-electron chi connectivity index (χ2n) is 5.48.